The lowest BCUT2D eigenvalue weighted by Gasteiger charge is -2.36. The number of fused-ring (bicyclic) bond motifs is 1. The van der Waals surface area contributed by atoms with Crippen molar-refractivity contribution in [2.24, 2.45) is 5.92 Å². The molecule has 1 unspecified atom stereocenters. The topological polar surface area (TPSA) is 46.6 Å². The van der Waals surface area contributed by atoms with Crippen LogP contribution in [0, 0.1) is 5.92 Å². The number of Topliss-reactive ketones (excluding diaryl/α,β-unsaturated/α-hetero) is 1. The van der Waals surface area contributed by atoms with Gasteiger partial charge in [-0.15, -0.1) is 0 Å². The first kappa shape index (κ1) is 13.9. The Kier molecular flexibility index (Phi) is 3.53. The normalized spacial score (nSPS) is 20.6. The SMILES string of the molecule is COC(=O)N1C(C2CC2)=Cc2ccccc2C1CC(C)=O. The fourth-order valence-corrected chi connectivity index (χ4v) is 2.99. The number of benzene rings is 1. The van der Waals surface area contributed by atoms with Gasteiger partial charge in [0.2, 0.25) is 0 Å². The molecule has 21 heavy (non-hydrogen) atoms. The van der Waals surface area contributed by atoms with Gasteiger partial charge in [0, 0.05) is 12.1 Å². The maximum atomic E-state index is 12.3. The predicted octanol–water partition coefficient (Wildman–Crippen LogP) is 3.54. The fourth-order valence-electron chi connectivity index (χ4n) is 2.99. The Morgan fingerprint density at radius 3 is 2.62 bits per heavy atom. The molecular weight excluding hydrogens is 266 g/mol. The minimum atomic E-state index is -0.381. The van der Waals surface area contributed by atoms with Crippen LogP contribution in [0.3, 0.4) is 0 Å². The largest absolute Gasteiger partial charge is 0.452 e. The summed E-state index contributed by atoms with van der Waals surface area (Å²) in [5.41, 5.74) is 3.11. The molecule has 1 atom stereocenters. The molecule has 0 saturated heterocycles. The second-order valence-electron chi connectivity index (χ2n) is 5.73. The Balaban J connectivity index is 2.10. The van der Waals surface area contributed by atoms with Crippen LogP contribution in [0.25, 0.3) is 6.08 Å². The number of methoxy groups -OCH3 is 1. The Morgan fingerprint density at radius 1 is 1.29 bits per heavy atom. The van der Waals surface area contributed by atoms with Crippen molar-refractivity contribution in [3.05, 3.63) is 41.1 Å². The molecule has 4 heteroatoms. The minimum Gasteiger partial charge on any atom is -0.452 e. The second-order valence-corrected chi connectivity index (χ2v) is 5.73. The fraction of sp³-hybridized carbons (Fsp3) is 0.412. The van der Waals surface area contributed by atoms with Crippen LogP contribution in [0.4, 0.5) is 4.79 Å². The number of carbonyl (C=O) groups is 2. The average Bonchev–Trinajstić information content (AvgIpc) is 3.30. The van der Waals surface area contributed by atoms with E-state index < -0.39 is 0 Å². The molecule has 3 rings (SSSR count). The van der Waals surface area contributed by atoms with Gasteiger partial charge in [-0.2, -0.15) is 0 Å². The van der Waals surface area contributed by atoms with Crippen LogP contribution in [-0.4, -0.2) is 23.9 Å². The standard InChI is InChI=1S/C17H19NO3/c1-11(19)9-16-14-6-4-3-5-13(14)10-15(12-7-8-12)18(16)17(20)21-2/h3-6,10,12,16H,7-9H2,1-2H3. The smallest absolute Gasteiger partial charge is 0.414 e. The molecule has 1 saturated carbocycles. The number of allylic oxidation sites excluding steroid dienone is 1. The first-order chi connectivity index (χ1) is 10.1. The van der Waals surface area contributed by atoms with E-state index in [0.29, 0.717) is 12.3 Å². The third-order valence-corrected chi connectivity index (χ3v) is 4.10. The van der Waals surface area contributed by atoms with Gasteiger partial charge < -0.3 is 4.74 Å². The minimum absolute atomic E-state index is 0.0701. The van der Waals surface area contributed by atoms with E-state index in [9.17, 15) is 9.59 Å². The van der Waals surface area contributed by atoms with Crippen LogP contribution in [0.5, 0.6) is 0 Å². The van der Waals surface area contributed by atoms with E-state index in [4.69, 9.17) is 4.74 Å². The third kappa shape index (κ3) is 2.58. The predicted molar refractivity (Wildman–Crippen MR) is 79.4 cm³/mol. The van der Waals surface area contributed by atoms with Gasteiger partial charge in [0.1, 0.15) is 5.78 Å². The molecule has 2 aliphatic rings. The third-order valence-electron chi connectivity index (χ3n) is 4.10. The van der Waals surface area contributed by atoms with Crippen LogP contribution in [0.1, 0.15) is 43.4 Å². The van der Waals surface area contributed by atoms with Gasteiger partial charge in [0.05, 0.1) is 13.2 Å². The zero-order chi connectivity index (χ0) is 15.0. The summed E-state index contributed by atoms with van der Waals surface area (Å²) in [5.74, 6) is 0.479. The highest BCUT2D eigenvalue weighted by molar-refractivity contribution is 5.81. The van der Waals surface area contributed by atoms with Gasteiger partial charge in [-0.3, -0.25) is 9.69 Å². The molecule has 0 spiro atoms. The lowest BCUT2D eigenvalue weighted by Crippen LogP contribution is -2.38. The zero-order valence-electron chi connectivity index (χ0n) is 12.3. The van der Waals surface area contributed by atoms with E-state index in [1.165, 1.54) is 7.11 Å². The summed E-state index contributed by atoms with van der Waals surface area (Å²) in [6, 6.07) is 7.70. The molecule has 0 radical (unpaired) electrons. The number of hydrogen-bond acceptors (Lipinski definition) is 3. The summed E-state index contributed by atoms with van der Waals surface area (Å²) in [6.45, 7) is 1.56. The van der Waals surface area contributed by atoms with Crippen LogP contribution >= 0.6 is 0 Å². The average molecular weight is 285 g/mol. The van der Waals surface area contributed by atoms with Crippen molar-refractivity contribution in [2.75, 3.05) is 7.11 Å². The summed E-state index contributed by atoms with van der Waals surface area (Å²) in [6.07, 6.45) is 4.19. The number of rotatable bonds is 3. The molecular formula is C17H19NO3. The van der Waals surface area contributed by atoms with Crippen LogP contribution in [-0.2, 0) is 9.53 Å². The first-order valence-corrected chi connectivity index (χ1v) is 7.29. The summed E-state index contributed by atoms with van der Waals surface area (Å²) >= 11 is 0. The van der Waals surface area contributed by atoms with E-state index >= 15 is 0 Å². The molecule has 1 aromatic rings. The van der Waals surface area contributed by atoms with Crippen molar-refractivity contribution in [3.8, 4) is 0 Å². The molecule has 1 aliphatic heterocycles. The van der Waals surface area contributed by atoms with Crippen molar-refractivity contribution in [3.63, 3.8) is 0 Å². The maximum absolute atomic E-state index is 12.3. The van der Waals surface area contributed by atoms with Gasteiger partial charge in [0.25, 0.3) is 0 Å². The van der Waals surface area contributed by atoms with E-state index in [1.54, 1.807) is 11.8 Å². The van der Waals surface area contributed by atoms with Crippen molar-refractivity contribution < 1.29 is 14.3 Å². The van der Waals surface area contributed by atoms with E-state index in [0.717, 1.165) is 29.7 Å². The van der Waals surface area contributed by atoms with Crippen LogP contribution in [0.2, 0.25) is 0 Å². The summed E-state index contributed by atoms with van der Waals surface area (Å²) in [7, 11) is 1.39. The molecule has 0 N–H and O–H groups in total. The summed E-state index contributed by atoms with van der Waals surface area (Å²) < 4.78 is 4.96. The second kappa shape index (κ2) is 5.35. The molecule has 1 aliphatic carbocycles. The van der Waals surface area contributed by atoms with Crippen molar-refractivity contribution in [1.29, 1.82) is 0 Å². The molecule has 4 nitrogen and oxygen atoms in total. The monoisotopic (exact) mass is 285 g/mol. The van der Waals surface area contributed by atoms with Crippen molar-refractivity contribution >= 4 is 18.0 Å². The lowest BCUT2D eigenvalue weighted by molar-refractivity contribution is -0.118. The van der Waals surface area contributed by atoms with Crippen LogP contribution in [0.15, 0.2) is 30.0 Å². The van der Waals surface area contributed by atoms with Gasteiger partial charge in [-0.1, -0.05) is 24.3 Å². The van der Waals surface area contributed by atoms with Gasteiger partial charge >= 0.3 is 6.09 Å². The van der Waals surface area contributed by atoms with Crippen molar-refractivity contribution in [1.82, 2.24) is 4.90 Å². The Bertz CT molecular complexity index is 616. The van der Waals surface area contributed by atoms with Crippen LogP contribution < -0.4 is 0 Å². The summed E-state index contributed by atoms with van der Waals surface area (Å²) in [4.78, 5) is 25.6. The number of amides is 1. The zero-order valence-corrected chi connectivity index (χ0v) is 12.3. The highest BCUT2D eigenvalue weighted by atomic mass is 16.5. The Labute approximate surface area is 124 Å². The van der Waals surface area contributed by atoms with E-state index in [-0.39, 0.29) is 17.9 Å². The first-order valence-electron chi connectivity index (χ1n) is 7.29. The number of hydrogen-bond donors (Lipinski definition) is 0. The van der Waals surface area contributed by atoms with Gasteiger partial charge in [0.15, 0.2) is 0 Å². The number of nitrogens with zero attached hydrogens (tertiary/aromatic N) is 1. The van der Waals surface area contributed by atoms with Gasteiger partial charge in [-0.25, -0.2) is 4.79 Å². The van der Waals surface area contributed by atoms with E-state index in [1.807, 2.05) is 24.3 Å². The molecule has 1 heterocycles. The molecule has 0 bridgehead atoms. The highest BCUT2D eigenvalue weighted by Gasteiger charge is 2.40. The molecule has 0 aromatic heterocycles. The van der Waals surface area contributed by atoms with Crippen molar-refractivity contribution in [2.45, 2.75) is 32.2 Å². The maximum Gasteiger partial charge on any atom is 0.414 e. The highest BCUT2D eigenvalue weighted by Crippen LogP contribution is 2.46. The number of ketones is 1. The lowest BCUT2D eigenvalue weighted by atomic mass is 9.90. The number of ether oxygens (including phenoxy) is 1. The van der Waals surface area contributed by atoms with E-state index in [2.05, 4.69) is 6.08 Å². The Hall–Kier alpha value is -2.10. The number of carbonyl (C=O) groups excluding carboxylic acids is 2. The Morgan fingerprint density at radius 2 is 2.00 bits per heavy atom. The van der Waals surface area contributed by atoms with Gasteiger partial charge in [-0.05, 0) is 42.9 Å². The molecule has 1 aromatic carbocycles. The quantitative estimate of drug-likeness (QED) is 0.853. The molecule has 110 valence electrons. The summed E-state index contributed by atoms with van der Waals surface area (Å²) in [5, 5.41) is 0. The molecule has 1 amide bonds. The molecule has 1 fully saturated rings.